The predicted molar refractivity (Wildman–Crippen MR) is 63.4 cm³/mol. The molecule has 0 radical (unpaired) electrons. The highest BCUT2D eigenvalue weighted by atomic mass is 14.8. The lowest BCUT2D eigenvalue weighted by Gasteiger charge is -1.99. The first-order valence-electron chi connectivity index (χ1n) is 5.27. The zero-order chi connectivity index (χ0) is 10.2. The molecule has 1 heteroatoms. The van der Waals surface area contributed by atoms with Gasteiger partial charge in [0.05, 0.1) is 0 Å². The van der Waals surface area contributed by atoms with E-state index in [9.17, 15) is 0 Å². The van der Waals surface area contributed by atoms with Crippen molar-refractivity contribution in [2.45, 2.75) is 20.3 Å². The van der Waals surface area contributed by atoms with Crippen molar-refractivity contribution in [2.24, 2.45) is 0 Å². The van der Waals surface area contributed by atoms with Gasteiger partial charge in [-0.25, -0.2) is 0 Å². The Hall–Kier alpha value is -1.08. The van der Waals surface area contributed by atoms with E-state index in [1.54, 1.807) is 0 Å². The third kappa shape index (κ3) is 3.75. The van der Waals surface area contributed by atoms with E-state index in [0.717, 1.165) is 13.1 Å². The molecule has 0 unspecified atom stereocenters. The van der Waals surface area contributed by atoms with Gasteiger partial charge in [-0.1, -0.05) is 43.3 Å². The smallest absolute Gasteiger partial charge is 0.0138 e. The Kier molecular flexibility index (Phi) is 5.02. The van der Waals surface area contributed by atoms with Gasteiger partial charge in [0, 0.05) is 6.54 Å². The van der Waals surface area contributed by atoms with Gasteiger partial charge in [0.25, 0.3) is 0 Å². The lowest BCUT2D eigenvalue weighted by atomic mass is 10.1. The van der Waals surface area contributed by atoms with Crippen molar-refractivity contribution in [3.05, 3.63) is 41.5 Å². The molecule has 1 nitrogen and oxygen atoms in total. The van der Waals surface area contributed by atoms with E-state index in [1.807, 2.05) is 0 Å². The largest absolute Gasteiger partial charge is 0.313 e. The summed E-state index contributed by atoms with van der Waals surface area (Å²) in [6, 6.07) is 8.43. The molecular weight excluding hydrogens is 170 g/mol. The second-order valence-electron chi connectivity index (χ2n) is 3.46. The van der Waals surface area contributed by atoms with E-state index in [1.165, 1.54) is 17.5 Å². The molecule has 0 aliphatic heterocycles. The van der Waals surface area contributed by atoms with Crippen LogP contribution in [0.25, 0.3) is 6.08 Å². The summed E-state index contributed by atoms with van der Waals surface area (Å²) in [5.74, 6) is 0. The minimum absolute atomic E-state index is 0.960. The Bertz CT molecular complexity index is 289. The Morgan fingerprint density at radius 2 is 2.07 bits per heavy atom. The molecule has 0 aliphatic carbocycles. The van der Waals surface area contributed by atoms with Crippen LogP contribution in [-0.2, 0) is 0 Å². The highest BCUT2D eigenvalue weighted by molar-refractivity contribution is 5.53. The van der Waals surface area contributed by atoms with Gasteiger partial charge in [-0.2, -0.15) is 0 Å². The molecule has 1 N–H and O–H groups in total. The zero-order valence-corrected chi connectivity index (χ0v) is 9.09. The van der Waals surface area contributed by atoms with Gasteiger partial charge in [0.1, 0.15) is 0 Å². The van der Waals surface area contributed by atoms with Gasteiger partial charge in [0.2, 0.25) is 0 Å². The van der Waals surface area contributed by atoms with Gasteiger partial charge in [-0.3, -0.25) is 0 Å². The molecule has 0 bridgehead atoms. The van der Waals surface area contributed by atoms with Gasteiger partial charge < -0.3 is 5.32 Å². The fraction of sp³-hybridized carbons (Fsp3) is 0.385. The van der Waals surface area contributed by atoms with Gasteiger partial charge >= 0.3 is 0 Å². The molecule has 0 atom stereocenters. The van der Waals surface area contributed by atoms with Crippen LogP contribution in [0.3, 0.4) is 0 Å². The number of nitrogens with one attached hydrogen (secondary N) is 1. The minimum Gasteiger partial charge on any atom is -0.313 e. The highest BCUT2D eigenvalue weighted by Crippen LogP contribution is 2.08. The summed E-state index contributed by atoms with van der Waals surface area (Å²) >= 11 is 0. The van der Waals surface area contributed by atoms with Crippen LogP contribution < -0.4 is 5.32 Å². The quantitative estimate of drug-likeness (QED) is 0.702. The fourth-order valence-corrected chi connectivity index (χ4v) is 1.32. The van der Waals surface area contributed by atoms with Gasteiger partial charge in [-0.15, -0.1) is 0 Å². The monoisotopic (exact) mass is 189 g/mol. The molecule has 1 aromatic rings. The molecule has 0 amide bonds. The van der Waals surface area contributed by atoms with E-state index < -0.39 is 0 Å². The molecule has 0 saturated carbocycles. The second kappa shape index (κ2) is 6.39. The summed E-state index contributed by atoms with van der Waals surface area (Å²) in [6.45, 7) is 6.37. The number of benzene rings is 1. The maximum Gasteiger partial charge on any atom is 0.0138 e. The van der Waals surface area contributed by atoms with Crippen molar-refractivity contribution in [1.29, 1.82) is 0 Å². The Labute approximate surface area is 86.8 Å². The predicted octanol–water partition coefficient (Wildman–Crippen LogP) is 3.01. The second-order valence-corrected chi connectivity index (χ2v) is 3.46. The van der Waals surface area contributed by atoms with E-state index in [0.29, 0.717) is 0 Å². The number of aryl methyl sites for hydroxylation is 1. The first-order chi connectivity index (χ1) is 6.84. The fourth-order valence-electron chi connectivity index (χ4n) is 1.32. The van der Waals surface area contributed by atoms with Crippen LogP contribution in [0.1, 0.15) is 24.5 Å². The lowest BCUT2D eigenvalue weighted by molar-refractivity contribution is 0.730. The van der Waals surface area contributed by atoms with Crippen molar-refractivity contribution < 1.29 is 0 Å². The number of hydrogen-bond donors (Lipinski definition) is 1. The Morgan fingerprint density at radius 1 is 1.29 bits per heavy atom. The summed E-state index contributed by atoms with van der Waals surface area (Å²) < 4.78 is 0. The topological polar surface area (TPSA) is 12.0 Å². The minimum atomic E-state index is 0.960. The summed E-state index contributed by atoms with van der Waals surface area (Å²) in [6.07, 6.45) is 5.55. The molecule has 0 aromatic heterocycles. The van der Waals surface area contributed by atoms with Crippen LogP contribution in [0.2, 0.25) is 0 Å². The third-order valence-corrected chi connectivity index (χ3v) is 2.17. The first-order valence-corrected chi connectivity index (χ1v) is 5.27. The molecule has 0 spiro atoms. The standard InChI is InChI=1S/C13H19N/c1-3-10-14-11-6-9-13-8-5-4-7-12(13)2/h4-9,14H,3,10-11H2,1-2H3. The normalized spacial score (nSPS) is 11.0. The van der Waals surface area contributed by atoms with Crippen LogP contribution in [0.4, 0.5) is 0 Å². The molecule has 0 aliphatic rings. The number of rotatable bonds is 5. The lowest BCUT2D eigenvalue weighted by Crippen LogP contribution is -2.13. The average molecular weight is 189 g/mol. The summed E-state index contributed by atoms with van der Waals surface area (Å²) in [4.78, 5) is 0. The molecule has 1 rings (SSSR count). The van der Waals surface area contributed by atoms with E-state index in [-0.39, 0.29) is 0 Å². The molecule has 14 heavy (non-hydrogen) atoms. The van der Waals surface area contributed by atoms with Crippen molar-refractivity contribution >= 4 is 6.08 Å². The van der Waals surface area contributed by atoms with Crippen molar-refractivity contribution in [1.82, 2.24) is 5.32 Å². The zero-order valence-electron chi connectivity index (χ0n) is 9.09. The molecule has 0 fully saturated rings. The average Bonchev–Trinajstić information content (AvgIpc) is 2.20. The molecular formula is C13H19N. The first kappa shape index (κ1) is 11.0. The maximum atomic E-state index is 3.34. The van der Waals surface area contributed by atoms with Gasteiger partial charge in [0.15, 0.2) is 0 Å². The van der Waals surface area contributed by atoms with Crippen LogP contribution in [-0.4, -0.2) is 13.1 Å². The highest BCUT2D eigenvalue weighted by Gasteiger charge is 1.89. The van der Waals surface area contributed by atoms with Crippen LogP contribution in [0.15, 0.2) is 30.3 Å². The van der Waals surface area contributed by atoms with E-state index in [2.05, 4.69) is 55.6 Å². The Balaban J connectivity index is 2.40. The SMILES string of the molecule is CCCNCC=Cc1ccccc1C. The summed E-state index contributed by atoms with van der Waals surface area (Å²) in [7, 11) is 0. The third-order valence-electron chi connectivity index (χ3n) is 2.17. The molecule has 1 aromatic carbocycles. The van der Waals surface area contributed by atoms with Crippen LogP contribution in [0, 0.1) is 6.92 Å². The van der Waals surface area contributed by atoms with Gasteiger partial charge in [-0.05, 0) is 31.0 Å². The number of hydrogen-bond acceptors (Lipinski definition) is 1. The van der Waals surface area contributed by atoms with Crippen molar-refractivity contribution in [3.8, 4) is 0 Å². The van der Waals surface area contributed by atoms with Crippen LogP contribution in [0.5, 0.6) is 0 Å². The van der Waals surface area contributed by atoms with E-state index in [4.69, 9.17) is 0 Å². The van der Waals surface area contributed by atoms with Crippen LogP contribution >= 0.6 is 0 Å². The molecule has 76 valence electrons. The molecule has 0 saturated heterocycles. The van der Waals surface area contributed by atoms with Crippen molar-refractivity contribution in [3.63, 3.8) is 0 Å². The molecule has 0 heterocycles. The maximum absolute atomic E-state index is 3.34. The van der Waals surface area contributed by atoms with E-state index >= 15 is 0 Å². The summed E-state index contributed by atoms with van der Waals surface area (Å²) in [5.41, 5.74) is 2.64. The Morgan fingerprint density at radius 3 is 2.79 bits per heavy atom. The van der Waals surface area contributed by atoms with Crippen molar-refractivity contribution in [2.75, 3.05) is 13.1 Å². The summed E-state index contributed by atoms with van der Waals surface area (Å²) in [5, 5.41) is 3.34.